The molecule has 4 bridgehead atoms. The monoisotopic (exact) mass is 457 g/mol. The summed E-state index contributed by atoms with van der Waals surface area (Å²) >= 11 is 0. The van der Waals surface area contributed by atoms with Gasteiger partial charge in [-0.15, -0.1) is 0 Å². The third kappa shape index (κ3) is 4.92. The standard InChI is InChI=1S/C26H39N3O4/c1-16(26(31)32)7-8-29-25(33-15-17-5-3-2-4-6-17)22(14-27-29)24(30)28-23-20-10-18-9-19(12-20)13-21(23)11-18/h14,16-21,23H,2-13,15H2,1H3,(H,28,30)(H,31,32). The van der Waals surface area contributed by atoms with Crippen LogP contribution >= 0.6 is 0 Å². The topological polar surface area (TPSA) is 93.5 Å². The van der Waals surface area contributed by atoms with Crippen molar-refractivity contribution in [1.82, 2.24) is 15.1 Å². The Morgan fingerprint density at radius 2 is 1.79 bits per heavy atom. The van der Waals surface area contributed by atoms with E-state index in [0.29, 0.717) is 48.8 Å². The maximum Gasteiger partial charge on any atom is 0.306 e. The molecule has 1 heterocycles. The van der Waals surface area contributed by atoms with Crippen molar-refractivity contribution in [3.05, 3.63) is 11.8 Å². The molecule has 2 N–H and O–H groups in total. The lowest BCUT2D eigenvalue weighted by atomic mass is 9.54. The summed E-state index contributed by atoms with van der Waals surface area (Å²) in [6.07, 6.45) is 14.6. The Hall–Kier alpha value is -2.05. The van der Waals surface area contributed by atoms with E-state index in [9.17, 15) is 14.7 Å². The van der Waals surface area contributed by atoms with Gasteiger partial charge in [0.05, 0.1) is 18.7 Å². The molecule has 7 nitrogen and oxygen atoms in total. The van der Waals surface area contributed by atoms with E-state index < -0.39 is 11.9 Å². The van der Waals surface area contributed by atoms with E-state index in [0.717, 1.165) is 11.8 Å². The van der Waals surface area contributed by atoms with Crippen LogP contribution in [0.4, 0.5) is 0 Å². The third-order valence-corrected chi connectivity index (χ3v) is 8.94. The smallest absolute Gasteiger partial charge is 0.306 e. The highest BCUT2D eigenvalue weighted by atomic mass is 16.5. The van der Waals surface area contributed by atoms with Crippen molar-refractivity contribution >= 4 is 11.9 Å². The van der Waals surface area contributed by atoms with Gasteiger partial charge in [-0.3, -0.25) is 9.59 Å². The van der Waals surface area contributed by atoms with Crippen LogP contribution in [0.25, 0.3) is 0 Å². The van der Waals surface area contributed by atoms with Crippen LogP contribution in [0.3, 0.4) is 0 Å². The zero-order valence-corrected chi connectivity index (χ0v) is 19.9. The molecule has 5 fully saturated rings. The summed E-state index contributed by atoms with van der Waals surface area (Å²) in [4.78, 5) is 24.7. The first-order valence-electron chi connectivity index (χ1n) is 13.2. The van der Waals surface area contributed by atoms with Gasteiger partial charge in [0.15, 0.2) is 0 Å². The van der Waals surface area contributed by atoms with Crippen molar-refractivity contribution in [2.45, 2.75) is 90.1 Å². The van der Waals surface area contributed by atoms with E-state index in [4.69, 9.17) is 4.74 Å². The Kier molecular flexibility index (Phi) is 6.66. The molecular formula is C26H39N3O4. The lowest BCUT2D eigenvalue weighted by molar-refractivity contribution is -0.141. The fourth-order valence-electron chi connectivity index (χ4n) is 7.22. The van der Waals surface area contributed by atoms with Crippen LogP contribution in [0.1, 0.15) is 87.9 Å². The summed E-state index contributed by atoms with van der Waals surface area (Å²) in [6, 6.07) is 0.270. The Balaban J connectivity index is 1.29. The molecule has 1 aromatic heterocycles. The first kappa shape index (κ1) is 22.7. The normalized spacial score (nSPS) is 32.0. The molecule has 5 saturated carbocycles. The minimum atomic E-state index is -0.813. The Bertz CT molecular complexity index is 832. The molecule has 5 aliphatic rings. The second kappa shape index (κ2) is 9.67. The van der Waals surface area contributed by atoms with Crippen LogP contribution < -0.4 is 10.1 Å². The number of hydrogen-bond acceptors (Lipinski definition) is 4. The molecule has 33 heavy (non-hydrogen) atoms. The molecule has 0 saturated heterocycles. The van der Waals surface area contributed by atoms with Gasteiger partial charge in [-0.1, -0.05) is 26.2 Å². The maximum atomic E-state index is 13.4. The van der Waals surface area contributed by atoms with Gasteiger partial charge in [0, 0.05) is 12.6 Å². The largest absolute Gasteiger partial charge is 0.481 e. The Morgan fingerprint density at radius 3 is 2.42 bits per heavy atom. The van der Waals surface area contributed by atoms with E-state index in [-0.39, 0.29) is 11.9 Å². The molecule has 0 radical (unpaired) electrons. The van der Waals surface area contributed by atoms with Crippen LogP contribution in [-0.2, 0) is 11.3 Å². The highest BCUT2D eigenvalue weighted by Gasteiger charge is 2.48. The molecule has 0 aromatic carbocycles. The van der Waals surface area contributed by atoms with Crippen LogP contribution in [-0.4, -0.2) is 39.4 Å². The minimum Gasteiger partial charge on any atom is -0.481 e. The van der Waals surface area contributed by atoms with Gasteiger partial charge >= 0.3 is 5.97 Å². The van der Waals surface area contributed by atoms with E-state index in [2.05, 4.69) is 10.4 Å². The maximum absolute atomic E-state index is 13.4. The zero-order chi connectivity index (χ0) is 22.9. The average Bonchev–Trinajstić information content (AvgIpc) is 3.21. The van der Waals surface area contributed by atoms with E-state index >= 15 is 0 Å². The van der Waals surface area contributed by atoms with Crippen LogP contribution in [0, 0.1) is 35.5 Å². The van der Waals surface area contributed by atoms with Crippen LogP contribution in [0.15, 0.2) is 6.20 Å². The highest BCUT2D eigenvalue weighted by molar-refractivity contribution is 5.96. The SMILES string of the molecule is CC(CCn1ncc(C(=O)NC2C3CC4CC(C3)CC2C4)c1OCC1CCCCC1)C(=O)O. The number of aliphatic carboxylic acids is 1. The summed E-state index contributed by atoms with van der Waals surface area (Å²) < 4.78 is 7.96. The molecule has 1 amide bonds. The van der Waals surface area contributed by atoms with Crippen molar-refractivity contribution in [1.29, 1.82) is 0 Å². The van der Waals surface area contributed by atoms with Gasteiger partial charge in [0.25, 0.3) is 5.91 Å². The number of aromatic nitrogens is 2. The van der Waals surface area contributed by atoms with E-state index in [1.165, 1.54) is 64.2 Å². The van der Waals surface area contributed by atoms with Crippen LogP contribution in [0.2, 0.25) is 0 Å². The number of ether oxygens (including phenoxy) is 1. The number of nitrogens with one attached hydrogen (secondary N) is 1. The van der Waals surface area contributed by atoms with E-state index in [1.54, 1.807) is 17.8 Å². The highest BCUT2D eigenvalue weighted by Crippen LogP contribution is 2.53. The van der Waals surface area contributed by atoms with Crippen molar-refractivity contribution in [3.8, 4) is 5.88 Å². The number of carbonyl (C=O) groups is 2. The lowest BCUT2D eigenvalue weighted by Crippen LogP contribution is -2.55. The Morgan fingerprint density at radius 1 is 1.12 bits per heavy atom. The molecule has 6 rings (SSSR count). The summed E-state index contributed by atoms with van der Waals surface area (Å²) in [5.74, 6) is 2.63. The van der Waals surface area contributed by atoms with Gasteiger partial charge in [-0.2, -0.15) is 5.10 Å². The molecule has 1 atom stereocenters. The number of amides is 1. The molecule has 1 aromatic rings. The number of rotatable bonds is 9. The average molecular weight is 458 g/mol. The molecular weight excluding hydrogens is 418 g/mol. The predicted molar refractivity (Wildman–Crippen MR) is 124 cm³/mol. The number of carboxylic acids is 1. The van der Waals surface area contributed by atoms with Gasteiger partial charge in [-0.05, 0) is 81.0 Å². The first-order valence-corrected chi connectivity index (χ1v) is 13.2. The van der Waals surface area contributed by atoms with Crippen LogP contribution in [0.5, 0.6) is 5.88 Å². The van der Waals surface area contributed by atoms with Crippen molar-refractivity contribution in [2.75, 3.05) is 6.61 Å². The summed E-state index contributed by atoms with van der Waals surface area (Å²) in [7, 11) is 0. The quantitative estimate of drug-likeness (QED) is 0.569. The van der Waals surface area contributed by atoms with Crippen molar-refractivity contribution in [3.63, 3.8) is 0 Å². The molecule has 1 unspecified atom stereocenters. The number of carbonyl (C=O) groups excluding carboxylic acids is 1. The molecule has 0 spiro atoms. The Labute approximate surface area is 196 Å². The van der Waals surface area contributed by atoms with Gasteiger partial charge in [-0.25, -0.2) is 4.68 Å². The molecule has 182 valence electrons. The second-order valence-corrected chi connectivity index (χ2v) is 11.4. The van der Waals surface area contributed by atoms with Crippen molar-refractivity contribution < 1.29 is 19.4 Å². The molecule has 5 aliphatic carbocycles. The van der Waals surface area contributed by atoms with Gasteiger partial charge in [0.2, 0.25) is 5.88 Å². The summed E-state index contributed by atoms with van der Waals surface area (Å²) in [5, 5.41) is 17.1. The van der Waals surface area contributed by atoms with Crippen molar-refractivity contribution in [2.24, 2.45) is 35.5 Å². The number of aryl methyl sites for hydroxylation is 1. The summed E-state index contributed by atoms with van der Waals surface area (Å²) in [6.45, 7) is 2.73. The molecule has 0 aliphatic heterocycles. The number of carboxylic acid groups (broad SMARTS) is 1. The number of hydrogen-bond donors (Lipinski definition) is 2. The van der Waals surface area contributed by atoms with E-state index in [1.807, 2.05) is 0 Å². The minimum absolute atomic E-state index is 0.0800. The second-order valence-electron chi connectivity index (χ2n) is 11.4. The van der Waals surface area contributed by atoms with Gasteiger partial charge < -0.3 is 15.2 Å². The summed E-state index contributed by atoms with van der Waals surface area (Å²) in [5.41, 5.74) is 0.502. The lowest BCUT2D eigenvalue weighted by Gasteiger charge is -2.54. The van der Waals surface area contributed by atoms with Gasteiger partial charge in [0.1, 0.15) is 5.56 Å². The fraction of sp³-hybridized carbons (Fsp3) is 0.808. The number of nitrogens with zero attached hydrogens (tertiary/aromatic N) is 2. The fourth-order valence-corrected chi connectivity index (χ4v) is 7.22. The third-order valence-electron chi connectivity index (χ3n) is 8.94. The zero-order valence-electron chi connectivity index (χ0n) is 19.9. The molecule has 7 heteroatoms. The first-order chi connectivity index (χ1) is 16.0. The predicted octanol–water partition coefficient (Wildman–Crippen LogP) is 4.51.